The average molecular weight is 233 g/mol. The van der Waals surface area contributed by atoms with Crippen LogP contribution in [-0.2, 0) is 4.79 Å². The number of carbonyl (C=O) groups is 1. The van der Waals surface area contributed by atoms with Crippen molar-refractivity contribution in [3.63, 3.8) is 0 Å². The standard InChI is InChI=1S/C13H19N3O/c1-10-5-3-6-11-13(10)15(2)7-4-8-16(11)12(17)9-14/h3,5-6H,4,7-9,14H2,1-2H3. The van der Waals surface area contributed by atoms with E-state index in [4.69, 9.17) is 5.73 Å². The number of hydrogen-bond acceptors (Lipinski definition) is 3. The zero-order valence-corrected chi connectivity index (χ0v) is 10.4. The molecule has 0 saturated heterocycles. The van der Waals surface area contributed by atoms with Crippen molar-refractivity contribution in [2.75, 3.05) is 36.5 Å². The maximum atomic E-state index is 11.9. The number of nitrogens with zero attached hydrogens (tertiary/aromatic N) is 2. The van der Waals surface area contributed by atoms with Crippen molar-refractivity contribution in [3.05, 3.63) is 23.8 Å². The van der Waals surface area contributed by atoms with Crippen molar-refractivity contribution in [3.8, 4) is 0 Å². The SMILES string of the molecule is Cc1cccc2c1N(C)CCCN2C(=O)CN. The average Bonchev–Trinajstić information content (AvgIpc) is 2.49. The Bertz CT molecular complexity index is 431. The first-order valence-corrected chi connectivity index (χ1v) is 5.96. The summed E-state index contributed by atoms with van der Waals surface area (Å²) in [6.07, 6.45) is 0.969. The molecule has 2 N–H and O–H groups in total. The predicted molar refractivity (Wildman–Crippen MR) is 70.5 cm³/mol. The highest BCUT2D eigenvalue weighted by atomic mass is 16.2. The fraction of sp³-hybridized carbons (Fsp3) is 0.462. The van der Waals surface area contributed by atoms with E-state index in [1.807, 2.05) is 17.0 Å². The second-order valence-electron chi connectivity index (χ2n) is 4.47. The fourth-order valence-electron chi connectivity index (χ4n) is 2.43. The second-order valence-corrected chi connectivity index (χ2v) is 4.47. The van der Waals surface area contributed by atoms with E-state index in [0.717, 1.165) is 30.9 Å². The lowest BCUT2D eigenvalue weighted by atomic mass is 10.1. The van der Waals surface area contributed by atoms with Crippen LogP contribution in [0.3, 0.4) is 0 Å². The zero-order valence-electron chi connectivity index (χ0n) is 10.4. The highest BCUT2D eigenvalue weighted by molar-refractivity contribution is 5.98. The van der Waals surface area contributed by atoms with Gasteiger partial charge in [0.1, 0.15) is 0 Å². The molecule has 0 radical (unpaired) electrons. The van der Waals surface area contributed by atoms with Crippen LogP contribution in [0.1, 0.15) is 12.0 Å². The van der Waals surface area contributed by atoms with Gasteiger partial charge in [-0.2, -0.15) is 0 Å². The molecule has 0 aliphatic carbocycles. The summed E-state index contributed by atoms with van der Waals surface area (Å²) in [5.74, 6) is -0.00727. The topological polar surface area (TPSA) is 49.6 Å². The van der Waals surface area contributed by atoms with Gasteiger partial charge in [0.15, 0.2) is 0 Å². The lowest BCUT2D eigenvalue weighted by Crippen LogP contribution is -2.36. The lowest BCUT2D eigenvalue weighted by Gasteiger charge is -2.25. The van der Waals surface area contributed by atoms with E-state index in [1.165, 1.54) is 5.56 Å². The van der Waals surface area contributed by atoms with Gasteiger partial charge in [-0.3, -0.25) is 4.79 Å². The number of carbonyl (C=O) groups excluding carboxylic acids is 1. The van der Waals surface area contributed by atoms with E-state index >= 15 is 0 Å². The molecule has 0 bridgehead atoms. The van der Waals surface area contributed by atoms with Gasteiger partial charge >= 0.3 is 0 Å². The van der Waals surface area contributed by atoms with Crippen molar-refractivity contribution >= 4 is 17.3 Å². The molecule has 1 aromatic rings. The second kappa shape index (κ2) is 4.75. The highest BCUT2D eigenvalue weighted by Gasteiger charge is 2.23. The number of hydrogen-bond donors (Lipinski definition) is 1. The quantitative estimate of drug-likeness (QED) is 0.791. The summed E-state index contributed by atoms with van der Waals surface area (Å²) in [5.41, 5.74) is 8.81. The molecule has 1 aromatic carbocycles. The van der Waals surface area contributed by atoms with Gasteiger partial charge in [0, 0.05) is 20.1 Å². The van der Waals surface area contributed by atoms with Crippen molar-refractivity contribution in [1.82, 2.24) is 0 Å². The van der Waals surface area contributed by atoms with Gasteiger partial charge in [-0.25, -0.2) is 0 Å². The Hall–Kier alpha value is -1.55. The van der Waals surface area contributed by atoms with Gasteiger partial charge in [0.2, 0.25) is 5.91 Å². The van der Waals surface area contributed by atoms with Gasteiger partial charge in [-0.15, -0.1) is 0 Å². The normalized spacial score (nSPS) is 15.5. The molecule has 0 fully saturated rings. The third-order valence-corrected chi connectivity index (χ3v) is 3.24. The third kappa shape index (κ3) is 2.13. The maximum Gasteiger partial charge on any atom is 0.240 e. The van der Waals surface area contributed by atoms with Gasteiger partial charge in [-0.1, -0.05) is 12.1 Å². The van der Waals surface area contributed by atoms with Crippen molar-refractivity contribution in [2.45, 2.75) is 13.3 Å². The van der Waals surface area contributed by atoms with Crippen molar-refractivity contribution in [1.29, 1.82) is 0 Å². The molecule has 2 rings (SSSR count). The maximum absolute atomic E-state index is 11.9. The Kier molecular flexibility index (Phi) is 3.33. The molecule has 4 heteroatoms. The number of fused-ring (bicyclic) bond motifs is 1. The Morgan fingerprint density at radius 3 is 2.88 bits per heavy atom. The molecule has 0 atom stereocenters. The van der Waals surface area contributed by atoms with E-state index < -0.39 is 0 Å². The lowest BCUT2D eigenvalue weighted by molar-refractivity contribution is -0.117. The molecular weight excluding hydrogens is 214 g/mol. The number of para-hydroxylation sites is 1. The first kappa shape index (κ1) is 11.9. The number of benzene rings is 1. The Morgan fingerprint density at radius 1 is 1.41 bits per heavy atom. The van der Waals surface area contributed by atoms with Crippen LogP contribution >= 0.6 is 0 Å². The summed E-state index contributed by atoms with van der Waals surface area (Å²) in [7, 11) is 2.07. The summed E-state index contributed by atoms with van der Waals surface area (Å²) < 4.78 is 0. The van der Waals surface area contributed by atoms with E-state index in [9.17, 15) is 4.79 Å². The van der Waals surface area contributed by atoms with E-state index in [2.05, 4.69) is 24.9 Å². The largest absolute Gasteiger partial charge is 0.373 e. The minimum Gasteiger partial charge on any atom is -0.373 e. The van der Waals surface area contributed by atoms with Crippen LogP contribution in [0.15, 0.2) is 18.2 Å². The predicted octanol–water partition coefficient (Wildman–Crippen LogP) is 1.13. The van der Waals surface area contributed by atoms with Crippen molar-refractivity contribution < 1.29 is 4.79 Å². The number of amides is 1. The summed E-state index contributed by atoms with van der Waals surface area (Å²) in [6, 6.07) is 6.06. The molecular formula is C13H19N3O. The summed E-state index contributed by atoms with van der Waals surface area (Å²) in [6.45, 7) is 3.85. The molecule has 0 spiro atoms. The summed E-state index contributed by atoms with van der Waals surface area (Å²) >= 11 is 0. The molecule has 0 unspecified atom stereocenters. The number of rotatable bonds is 1. The van der Waals surface area contributed by atoms with Crippen LogP contribution < -0.4 is 15.5 Å². The Balaban J connectivity index is 2.51. The monoisotopic (exact) mass is 233 g/mol. The first-order valence-electron chi connectivity index (χ1n) is 5.96. The van der Waals surface area contributed by atoms with Gasteiger partial charge in [0.25, 0.3) is 0 Å². The Labute approximate surface area is 102 Å². The molecule has 92 valence electrons. The molecule has 17 heavy (non-hydrogen) atoms. The van der Waals surface area contributed by atoms with E-state index in [0.29, 0.717) is 0 Å². The van der Waals surface area contributed by atoms with E-state index in [-0.39, 0.29) is 12.5 Å². The zero-order chi connectivity index (χ0) is 12.4. The Morgan fingerprint density at radius 2 is 2.18 bits per heavy atom. The van der Waals surface area contributed by atoms with Crippen LogP contribution in [0.2, 0.25) is 0 Å². The molecule has 1 aliphatic heterocycles. The van der Waals surface area contributed by atoms with Crippen LogP contribution in [0.4, 0.5) is 11.4 Å². The minimum atomic E-state index is -0.00727. The van der Waals surface area contributed by atoms with Gasteiger partial charge in [0.05, 0.1) is 17.9 Å². The molecule has 1 heterocycles. The molecule has 1 aliphatic rings. The van der Waals surface area contributed by atoms with Gasteiger partial charge < -0.3 is 15.5 Å². The van der Waals surface area contributed by atoms with Crippen LogP contribution in [0.5, 0.6) is 0 Å². The minimum absolute atomic E-state index is 0.00727. The smallest absolute Gasteiger partial charge is 0.240 e. The molecule has 1 amide bonds. The molecule has 4 nitrogen and oxygen atoms in total. The van der Waals surface area contributed by atoms with Crippen LogP contribution in [-0.4, -0.2) is 32.6 Å². The number of aryl methyl sites for hydroxylation is 1. The third-order valence-electron chi connectivity index (χ3n) is 3.24. The molecule has 0 saturated carbocycles. The summed E-state index contributed by atoms with van der Waals surface area (Å²) in [5, 5.41) is 0. The van der Waals surface area contributed by atoms with Crippen LogP contribution in [0.25, 0.3) is 0 Å². The van der Waals surface area contributed by atoms with Crippen molar-refractivity contribution in [2.24, 2.45) is 5.73 Å². The molecule has 0 aromatic heterocycles. The van der Waals surface area contributed by atoms with E-state index in [1.54, 1.807) is 0 Å². The summed E-state index contributed by atoms with van der Waals surface area (Å²) in [4.78, 5) is 15.9. The fourth-order valence-corrected chi connectivity index (χ4v) is 2.43. The van der Waals surface area contributed by atoms with Crippen LogP contribution in [0, 0.1) is 6.92 Å². The number of nitrogens with two attached hydrogens (primary N) is 1. The first-order chi connectivity index (χ1) is 8.15. The number of anilines is 2. The van der Waals surface area contributed by atoms with Gasteiger partial charge in [-0.05, 0) is 25.0 Å². The highest BCUT2D eigenvalue weighted by Crippen LogP contribution is 2.34.